The van der Waals surface area contributed by atoms with E-state index in [1.165, 1.54) is 0 Å². The Labute approximate surface area is 206 Å². The fraction of sp³-hybridized carbons (Fsp3) is 1.00. The van der Waals surface area contributed by atoms with Gasteiger partial charge in [-0.3, -0.25) is 0 Å². The largest absolute Gasteiger partial charge is 0.394 e. The van der Waals surface area contributed by atoms with Crippen LogP contribution in [0.1, 0.15) is 58.9 Å². The van der Waals surface area contributed by atoms with Crippen LogP contribution in [0.25, 0.3) is 0 Å². The van der Waals surface area contributed by atoms with Gasteiger partial charge < -0.3 is 28.5 Å². The maximum Gasteiger partial charge on any atom is 0.102 e. The topological polar surface area (TPSA) is 57.2 Å². The van der Waals surface area contributed by atoms with Crippen molar-refractivity contribution >= 4 is 0 Å². The van der Waals surface area contributed by atoms with E-state index < -0.39 is 0 Å². The molecule has 1 radical (unpaired) electrons. The van der Waals surface area contributed by atoms with Gasteiger partial charge in [-0.25, -0.2) is 0 Å². The molecule has 0 aromatic rings. The van der Waals surface area contributed by atoms with Crippen LogP contribution >= 0.6 is 0 Å². The van der Waals surface area contributed by atoms with Gasteiger partial charge in [0.2, 0.25) is 0 Å². The third-order valence-corrected chi connectivity index (χ3v) is 3.20. The zero-order valence-electron chi connectivity index (χ0n) is 13.9. The maximum atomic E-state index is 8.71. The van der Waals surface area contributed by atoms with Gasteiger partial charge in [0.15, 0.2) is 0 Å². The molecule has 6 nitrogen and oxygen atoms in total. The molecule has 0 aliphatic carbocycles. The molecule has 181 valence electrons. The summed E-state index contributed by atoms with van der Waals surface area (Å²) < 4.78 is 22.1. The van der Waals surface area contributed by atoms with Gasteiger partial charge in [-0.1, -0.05) is 52.0 Å². The minimum Gasteiger partial charge on any atom is -0.394 e. The van der Waals surface area contributed by atoms with Crippen molar-refractivity contribution < 1.29 is 61.2 Å². The molecule has 0 aromatic carbocycles. The first-order valence-electron chi connectivity index (χ1n) is 7.35. The molecule has 1 N–H and O–H groups in total. The third-order valence-electron chi connectivity index (χ3n) is 3.20. The normalized spacial score (nSPS) is 10.3. The molecule has 7 heteroatoms. The number of likely N-dealkylation sites (N-methyl/N-ethyl adjacent to an activating group) is 1. The van der Waals surface area contributed by atoms with Gasteiger partial charge in [0.05, 0.1) is 53.3 Å². The van der Waals surface area contributed by atoms with Crippen LogP contribution in [0, 0.1) is 0 Å². The van der Waals surface area contributed by atoms with Crippen molar-refractivity contribution in [3.05, 3.63) is 0 Å². The third kappa shape index (κ3) is 37.6. The molecule has 0 amide bonds. The minimum absolute atomic E-state index is 0. The van der Waals surface area contributed by atoms with Crippen molar-refractivity contribution in [3.63, 3.8) is 0 Å². The van der Waals surface area contributed by atoms with E-state index >= 15 is 0 Å². The average Bonchev–Trinajstić information content (AvgIpc) is 2.44. The summed E-state index contributed by atoms with van der Waals surface area (Å²) in [5.74, 6) is 0. The smallest absolute Gasteiger partial charge is 0.102 e. The number of nitrogens with zero attached hydrogens (tertiary/aromatic N) is 1. The van der Waals surface area contributed by atoms with Crippen LogP contribution in [0.3, 0.4) is 0 Å². The van der Waals surface area contributed by atoms with Crippen molar-refractivity contribution in [1.82, 2.24) is 0 Å². The van der Waals surface area contributed by atoms with Crippen molar-refractivity contribution in [2.45, 2.75) is 58.9 Å². The fourth-order valence-corrected chi connectivity index (χ4v) is 1.75. The van der Waals surface area contributed by atoms with E-state index in [-0.39, 0.29) is 91.3 Å². The molecule has 0 saturated carbocycles. The van der Waals surface area contributed by atoms with Crippen LogP contribution in [-0.2, 0) is 51.7 Å². The van der Waals surface area contributed by atoms with E-state index in [0.29, 0.717) is 33.0 Å². The summed E-state index contributed by atoms with van der Waals surface area (Å²) in [6.45, 7) is 9.29. The molecule has 1 atom stereocenters. The number of aliphatic hydroxyl groups is 1. The summed E-state index contributed by atoms with van der Waals surface area (Å²) in [7, 11) is 3.85. The molecule has 0 rings (SSSR count). The number of ether oxygens (including phenoxy) is 4. The molecule has 1 unspecified atom stereocenters. The molecule has 0 saturated heterocycles. The van der Waals surface area contributed by atoms with E-state index in [4.69, 9.17) is 24.1 Å². The first-order valence-corrected chi connectivity index (χ1v) is 7.35. The Morgan fingerprint density at radius 3 is 1.39 bits per heavy atom. The molecular weight excluding hydrogens is 435 g/mol. The molecule has 0 fully saturated rings. The van der Waals surface area contributed by atoms with Crippen LogP contribution < -0.4 is 0 Å². The maximum absolute atomic E-state index is 8.71. The summed E-state index contributed by atoms with van der Waals surface area (Å²) in [4.78, 5) is 0. The monoisotopic (exact) mass is 495 g/mol. The van der Waals surface area contributed by atoms with E-state index in [1.54, 1.807) is 7.11 Å². The van der Waals surface area contributed by atoms with E-state index in [9.17, 15) is 0 Å². The van der Waals surface area contributed by atoms with Gasteiger partial charge in [-0.15, -0.1) is 0 Å². The predicted octanol–water partition coefficient (Wildman–Crippen LogP) is 4.59. The Balaban J connectivity index is -0.0000000645. The summed E-state index contributed by atoms with van der Waals surface area (Å²) in [5.41, 5.74) is 0. The van der Waals surface area contributed by atoms with Gasteiger partial charge in [-0.2, -0.15) is 0 Å². The van der Waals surface area contributed by atoms with Crippen molar-refractivity contribution in [1.29, 1.82) is 0 Å². The second kappa shape index (κ2) is 42.1. The minimum atomic E-state index is 0. The molecule has 0 aliphatic rings. The molecule has 0 heterocycles. The summed E-state index contributed by atoms with van der Waals surface area (Å²) >= 11 is 0. The molecule has 0 spiro atoms. The number of quaternary nitrogens is 1. The van der Waals surface area contributed by atoms with Crippen molar-refractivity contribution in [2.75, 3.05) is 86.6 Å². The van der Waals surface area contributed by atoms with Crippen LogP contribution in [0.15, 0.2) is 0 Å². The number of hydrogen-bond acceptors (Lipinski definition) is 5. The number of methoxy groups -OCH3 is 1. The quantitative estimate of drug-likeness (QED) is 0.266. The molecule has 0 aliphatic heterocycles. The van der Waals surface area contributed by atoms with Gasteiger partial charge in [0.25, 0.3) is 0 Å². The average molecular weight is 496 g/mol. The Morgan fingerprint density at radius 1 is 0.643 bits per heavy atom. The first kappa shape index (κ1) is 56.8. The van der Waals surface area contributed by atoms with E-state index in [1.807, 2.05) is 6.92 Å². The van der Waals surface area contributed by atoms with Gasteiger partial charge >= 0.3 is 0 Å². The van der Waals surface area contributed by atoms with Gasteiger partial charge in [-0.05, 0) is 6.92 Å². The van der Waals surface area contributed by atoms with E-state index in [2.05, 4.69) is 7.05 Å². The zero-order chi connectivity index (χ0) is 15.1. The first-order chi connectivity index (χ1) is 9.68. The second-order valence-corrected chi connectivity index (χ2v) is 4.93. The molecular formula is C21H60NO5Y+. The van der Waals surface area contributed by atoms with Crippen molar-refractivity contribution in [2.24, 2.45) is 0 Å². The van der Waals surface area contributed by atoms with Crippen LogP contribution in [0.5, 0.6) is 0 Å². The Hall–Kier alpha value is 0.864. The SMILES string of the molecule is C.C.C.C.C.C.C.CCOCC[N+](C)(CCOCCO)CCOCCOC.[Y]. The molecule has 0 bridgehead atoms. The summed E-state index contributed by atoms with van der Waals surface area (Å²) in [6, 6.07) is 0. The predicted molar refractivity (Wildman–Crippen MR) is 125 cm³/mol. The number of aliphatic hydroxyl groups excluding tert-OH is 1. The van der Waals surface area contributed by atoms with Crippen LogP contribution in [0.2, 0.25) is 0 Å². The number of hydrogen-bond donors (Lipinski definition) is 1. The Bertz CT molecular complexity index is 215. The van der Waals surface area contributed by atoms with Crippen molar-refractivity contribution in [3.8, 4) is 0 Å². The number of rotatable bonds is 15. The van der Waals surface area contributed by atoms with Gasteiger partial charge in [0.1, 0.15) is 19.6 Å². The molecule has 0 aromatic heterocycles. The van der Waals surface area contributed by atoms with E-state index in [0.717, 1.165) is 37.3 Å². The molecule has 28 heavy (non-hydrogen) atoms. The Kier molecular flexibility index (Phi) is 85.3. The van der Waals surface area contributed by atoms with Gasteiger partial charge in [0, 0.05) is 46.4 Å². The summed E-state index contributed by atoms with van der Waals surface area (Å²) in [5, 5.41) is 8.71. The second-order valence-electron chi connectivity index (χ2n) is 4.93. The standard InChI is InChI=1S/C14H32NO5.7CH4.Y/c1-4-18-9-5-15(2,6-10-19-12-8-16)7-11-20-14-13-17-3;;;;;;;;/h16H,4-14H2,1-3H3;7*1H4;/q+1;;;;;;;;. The van der Waals surface area contributed by atoms with Crippen LogP contribution in [-0.4, -0.2) is 96.2 Å². The summed E-state index contributed by atoms with van der Waals surface area (Å²) in [6.07, 6.45) is 0. The zero-order valence-corrected chi connectivity index (χ0v) is 16.7. The fourth-order valence-electron chi connectivity index (χ4n) is 1.75. The van der Waals surface area contributed by atoms with Crippen LogP contribution in [0.4, 0.5) is 0 Å². The Morgan fingerprint density at radius 2 is 1.04 bits per heavy atom.